The Morgan fingerprint density at radius 2 is 1.96 bits per heavy atom. The number of carbonyl (C=O) groups is 2. The fourth-order valence-electron chi connectivity index (χ4n) is 2.63. The van der Waals surface area contributed by atoms with Crippen LogP contribution in [0, 0.1) is 11.3 Å². The largest absolute Gasteiger partial charge is 0.497 e. The van der Waals surface area contributed by atoms with Gasteiger partial charge in [0.2, 0.25) is 5.91 Å². The number of methoxy groups -OCH3 is 1. The van der Waals surface area contributed by atoms with Gasteiger partial charge in [0.05, 0.1) is 12.6 Å². The molecule has 2 aromatic rings. The number of benzene rings is 1. The number of aromatic nitrogens is 2. The molecule has 6 nitrogen and oxygen atoms in total. The molecule has 0 saturated heterocycles. The van der Waals surface area contributed by atoms with Crippen molar-refractivity contribution in [2.45, 2.75) is 47.6 Å². The van der Waals surface area contributed by atoms with Gasteiger partial charge >= 0.3 is 0 Å². The number of nitrogens with one attached hydrogen (secondary N) is 1. The van der Waals surface area contributed by atoms with E-state index in [4.69, 9.17) is 4.74 Å². The maximum absolute atomic E-state index is 12.5. The standard InChI is InChI=1S/C20H29N3O3/c1-13(2)19(25)18-15-8-7-14(26-6)11-16(15)23(22-18)12-17(24)21-10-9-20(3,4)5/h7-8,11,13H,9-10,12H2,1-6H3,(H,21,24). The lowest BCUT2D eigenvalue weighted by molar-refractivity contribution is -0.121. The smallest absolute Gasteiger partial charge is 0.241 e. The summed E-state index contributed by atoms with van der Waals surface area (Å²) < 4.78 is 6.86. The summed E-state index contributed by atoms with van der Waals surface area (Å²) in [5.74, 6) is 0.344. The Hall–Kier alpha value is -2.37. The van der Waals surface area contributed by atoms with Gasteiger partial charge in [-0.2, -0.15) is 5.10 Å². The minimum Gasteiger partial charge on any atom is -0.497 e. The highest BCUT2D eigenvalue weighted by Crippen LogP contribution is 2.25. The van der Waals surface area contributed by atoms with Gasteiger partial charge in [0.25, 0.3) is 0 Å². The summed E-state index contributed by atoms with van der Waals surface area (Å²) in [7, 11) is 1.58. The lowest BCUT2D eigenvalue weighted by atomic mass is 9.92. The van der Waals surface area contributed by atoms with Crippen molar-refractivity contribution >= 4 is 22.6 Å². The second kappa shape index (κ2) is 7.89. The van der Waals surface area contributed by atoms with Crippen LogP contribution in [0.4, 0.5) is 0 Å². The number of Topliss-reactive ketones (excluding diaryl/α,β-unsaturated/α-hetero) is 1. The van der Waals surface area contributed by atoms with E-state index in [0.29, 0.717) is 18.0 Å². The van der Waals surface area contributed by atoms with E-state index in [9.17, 15) is 9.59 Å². The summed E-state index contributed by atoms with van der Waals surface area (Å²) in [6.07, 6.45) is 0.892. The topological polar surface area (TPSA) is 73.2 Å². The summed E-state index contributed by atoms with van der Waals surface area (Å²) in [5, 5.41) is 8.10. The fraction of sp³-hybridized carbons (Fsp3) is 0.550. The molecular weight excluding hydrogens is 330 g/mol. The number of hydrogen-bond donors (Lipinski definition) is 1. The zero-order valence-corrected chi connectivity index (χ0v) is 16.5. The number of carbonyl (C=O) groups excluding carboxylic acids is 2. The third-order valence-electron chi connectivity index (χ3n) is 4.21. The number of hydrogen-bond acceptors (Lipinski definition) is 4. The molecule has 142 valence electrons. The molecule has 0 spiro atoms. The number of ketones is 1. The molecule has 0 aliphatic heterocycles. The first-order chi connectivity index (χ1) is 12.1. The van der Waals surface area contributed by atoms with Crippen LogP contribution < -0.4 is 10.1 Å². The van der Waals surface area contributed by atoms with Crippen molar-refractivity contribution in [2.24, 2.45) is 11.3 Å². The molecule has 0 radical (unpaired) electrons. The van der Waals surface area contributed by atoms with E-state index in [0.717, 1.165) is 17.3 Å². The maximum atomic E-state index is 12.5. The highest BCUT2D eigenvalue weighted by atomic mass is 16.5. The molecule has 1 heterocycles. The third kappa shape index (κ3) is 4.84. The van der Waals surface area contributed by atoms with Gasteiger partial charge in [0.15, 0.2) is 5.78 Å². The Labute approximate surface area is 154 Å². The molecule has 1 aromatic heterocycles. The van der Waals surface area contributed by atoms with E-state index in [1.807, 2.05) is 26.0 Å². The molecule has 1 amide bonds. The number of amides is 1. The number of ether oxygens (including phenoxy) is 1. The van der Waals surface area contributed by atoms with Gasteiger partial charge in [-0.15, -0.1) is 0 Å². The Morgan fingerprint density at radius 3 is 2.54 bits per heavy atom. The quantitative estimate of drug-likeness (QED) is 0.769. The van der Waals surface area contributed by atoms with Crippen molar-refractivity contribution in [3.05, 3.63) is 23.9 Å². The van der Waals surface area contributed by atoms with E-state index in [-0.39, 0.29) is 29.6 Å². The summed E-state index contributed by atoms with van der Waals surface area (Å²) >= 11 is 0. The van der Waals surface area contributed by atoms with Gasteiger partial charge in [0.1, 0.15) is 18.0 Å². The lowest BCUT2D eigenvalue weighted by Gasteiger charge is -2.18. The molecule has 26 heavy (non-hydrogen) atoms. The Balaban J connectivity index is 2.28. The van der Waals surface area contributed by atoms with Crippen LogP contribution in [0.5, 0.6) is 5.75 Å². The molecule has 0 atom stereocenters. The Morgan fingerprint density at radius 1 is 1.27 bits per heavy atom. The first-order valence-electron chi connectivity index (χ1n) is 8.98. The van der Waals surface area contributed by atoms with E-state index in [1.54, 1.807) is 17.9 Å². The number of nitrogens with zero attached hydrogens (tertiary/aromatic N) is 2. The molecule has 2 rings (SSSR count). The average Bonchev–Trinajstić information content (AvgIpc) is 2.90. The van der Waals surface area contributed by atoms with Crippen molar-refractivity contribution in [3.63, 3.8) is 0 Å². The zero-order chi connectivity index (χ0) is 19.5. The van der Waals surface area contributed by atoms with Gasteiger partial charge in [0, 0.05) is 23.9 Å². The SMILES string of the molecule is COc1ccc2c(C(=O)C(C)C)nn(CC(=O)NCCC(C)(C)C)c2c1. The van der Waals surface area contributed by atoms with Crippen LogP contribution in [0.15, 0.2) is 18.2 Å². The Bertz CT molecular complexity index is 800. The summed E-state index contributed by atoms with van der Waals surface area (Å²) in [4.78, 5) is 24.8. The van der Waals surface area contributed by atoms with Gasteiger partial charge in [-0.05, 0) is 24.0 Å². The molecule has 0 fully saturated rings. The third-order valence-corrected chi connectivity index (χ3v) is 4.21. The van der Waals surface area contributed by atoms with E-state index < -0.39 is 0 Å². The van der Waals surface area contributed by atoms with Gasteiger partial charge < -0.3 is 10.1 Å². The predicted octanol–water partition coefficient (Wildman–Crippen LogP) is 3.44. The molecular formula is C20H29N3O3. The van der Waals surface area contributed by atoms with Crippen LogP contribution >= 0.6 is 0 Å². The molecule has 1 aromatic carbocycles. The lowest BCUT2D eigenvalue weighted by Crippen LogP contribution is -2.30. The second-order valence-electron chi connectivity index (χ2n) is 8.07. The molecule has 0 saturated carbocycles. The van der Waals surface area contributed by atoms with Crippen molar-refractivity contribution in [3.8, 4) is 5.75 Å². The van der Waals surface area contributed by atoms with Crippen LogP contribution in [-0.4, -0.2) is 35.1 Å². The number of fused-ring (bicyclic) bond motifs is 1. The Kier molecular flexibility index (Phi) is 6.05. The van der Waals surface area contributed by atoms with Crippen molar-refractivity contribution < 1.29 is 14.3 Å². The van der Waals surface area contributed by atoms with Crippen molar-refractivity contribution in [1.82, 2.24) is 15.1 Å². The molecule has 0 aliphatic rings. The molecule has 0 bridgehead atoms. The summed E-state index contributed by atoms with van der Waals surface area (Å²) in [5.41, 5.74) is 1.29. The fourth-order valence-corrected chi connectivity index (χ4v) is 2.63. The molecule has 6 heteroatoms. The second-order valence-corrected chi connectivity index (χ2v) is 8.07. The molecule has 0 aliphatic carbocycles. The summed E-state index contributed by atoms with van der Waals surface area (Å²) in [6, 6.07) is 5.43. The van der Waals surface area contributed by atoms with Gasteiger partial charge in [-0.1, -0.05) is 34.6 Å². The van der Waals surface area contributed by atoms with Crippen LogP contribution in [0.1, 0.15) is 51.5 Å². The molecule has 1 N–H and O–H groups in total. The monoisotopic (exact) mass is 359 g/mol. The van der Waals surface area contributed by atoms with E-state index >= 15 is 0 Å². The zero-order valence-electron chi connectivity index (χ0n) is 16.5. The van der Waals surface area contributed by atoms with E-state index in [1.165, 1.54) is 0 Å². The maximum Gasteiger partial charge on any atom is 0.241 e. The first kappa shape index (κ1) is 19.9. The minimum atomic E-state index is -0.163. The van der Waals surface area contributed by atoms with Gasteiger partial charge in [-0.3, -0.25) is 14.3 Å². The van der Waals surface area contributed by atoms with Crippen molar-refractivity contribution in [1.29, 1.82) is 0 Å². The minimum absolute atomic E-state index is 0.0351. The van der Waals surface area contributed by atoms with Crippen LogP contribution in [-0.2, 0) is 11.3 Å². The normalized spacial score (nSPS) is 11.8. The highest BCUT2D eigenvalue weighted by Gasteiger charge is 2.21. The first-order valence-corrected chi connectivity index (χ1v) is 8.98. The molecule has 0 unspecified atom stereocenters. The van der Waals surface area contributed by atoms with Crippen LogP contribution in [0.25, 0.3) is 10.9 Å². The van der Waals surface area contributed by atoms with Gasteiger partial charge in [-0.25, -0.2) is 0 Å². The number of rotatable bonds is 7. The van der Waals surface area contributed by atoms with E-state index in [2.05, 4.69) is 31.2 Å². The summed E-state index contributed by atoms with van der Waals surface area (Å²) in [6.45, 7) is 10.8. The van der Waals surface area contributed by atoms with Crippen molar-refractivity contribution in [2.75, 3.05) is 13.7 Å². The average molecular weight is 359 g/mol. The predicted molar refractivity (Wildman–Crippen MR) is 103 cm³/mol. The van der Waals surface area contributed by atoms with Crippen LogP contribution in [0.2, 0.25) is 0 Å². The van der Waals surface area contributed by atoms with Crippen LogP contribution in [0.3, 0.4) is 0 Å². The highest BCUT2D eigenvalue weighted by molar-refractivity contribution is 6.07.